The van der Waals surface area contributed by atoms with Crippen molar-refractivity contribution in [2.24, 2.45) is 5.92 Å². The second kappa shape index (κ2) is 8.26. The average molecular weight is 434 g/mol. The number of imide groups is 1. The molecular formula is C24H26N4O4. The van der Waals surface area contributed by atoms with Crippen LogP contribution in [0.1, 0.15) is 36.4 Å². The van der Waals surface area contributed by atoms with E-state index >= 15 is 0 Å². The number of urea groups is 1. The normalized spacial score (nSPS) is 24.3. The van der Waals surface area contributed by atoms with Crippen molar-refractivity contribution in [2.45, 2.75) is 44.3 Å². The molecule has 8 nitrogen and oxygen atoms in total. The maximum Gasteiger partial charge on any atom is 0.325 e. The van der Waals surface area contributed by atoms with Gasteiger partial charge in [0.2, 0.25) is 5.91 Å². The van der Waals surface area contributed by atoms with E-state index in [1.54, 1.807) is 12.1 Å². The summed E-state index contributed by atoms with van der Waals surface area (Å²) in [7, 11) is 0. The van der Waals surface area contributed by atoms with Crippen molar-refractivity contribution in [2.75, 3.05) is 13.1 Å². The van der Waals surface area contributed by atoms with Crippen LogP contribution in [0, 0.1) is 5.92 Å². The Morgan fingerprint density at radius 3 is 2.59 bits per heavy atom. The minimum Gasteiger partial charge on any atom is -0.342 e. The number of amides is 4. The smallest absolute Gasteiger partial charge is 0.325 e. The van der Waals surface area contributed by atoms with Crippen LogP contribution in [0.3, 0.4) is 0 Å². The van der Waals surface area contributed by atoms with E-state index < -0.39 is 12.1 Å². The van der Waals surface area contributed by atoms with Crippen LogP contribution in [0.5, 0.6) is 0 Å². The summed E-state index contributed by atoms with van der Waals surface area (Å²) in [5.41, 5.74) is 1.90. The molecule has 0 radical (unpaired) electrons. The Morgan fingerprint density at radius 2 is 1.78 bits per heavy atom. The first kappa shape index (κ1) is 20.5. The van der Waals surface area contributed by atoms with Gasteiger partial charge in [-0.1, -0.05) is 36.4 Å². The molecule has 8 heteroatoms. The first-order valence-corrected chi connectivity index (χ1v) is 11.1. The summed E-state index contributed by atoms with van der Waals surface area (Å²) in [6.45, 7) is 2.08. The van der Waals surface area contributed by atoms with E-state index in [4.69, 9.17) is 0 Å². The van der Waals surface area contributed by atoms with Crippen LogP contribution in [0.15, 0.2) is 53.3 Å². The largest absolute Gasteiger partial charge is 0.342 e. The molecule has 2 bridgehead atoms. The monoisotopic (exact) mass is 434 g/mol. The summed E-state index contributed by atoms with van der Waals surface area (Å²) >= 11 is 0. The standard InChI is InChI=1S/C24H26N4O4/c29-21(26-12-17-11-18(15-26)20-7-4-8-22(30)27(20)14-17)10-9-19-23(31)28(24(32)25-19)13-16-5-2-1-3-6-16/h1-8,17-19H,9-15H2,(H,25,32). The van der Waals surface area contributed by atoms with Crippen molar-refractivity contribution < 1.29 is 14.4 Å². The van der Waals surface area contributed by atoms with E-state index in [2.05, 4.69) is 5.32 Å². The Hall–Kier alpha value is -3.42. The molecule has 5 rings (SSSR count). The van der Waals surface area contributed by atoms with Crippen LogP contribution in [0.4, 0.5) is 4.79 Å². The highest BCUT2D eigenvalue weighted by Crippen LogP contribution is 2.35. The summed E-state index contributed by atoms with van der Waals surface area (Å²) in [5, 5.41) is 2.72. The molecule has 3 unspecified atom stereocenters. The predicted octanol–water partition coefficient (Wildman–Crippen LogP) is 1.69. The minimum absolute atomic E-state index is 0.00464. The first-order chi connectivity index (χ1) is 15.5. The molecule has 3 aliphatic heterocycles. The lowest BCUT2D eigenvalue weighted by molar-refractivity contribution is -0.134. The number of nitrogens with one attached hydrogen (secondary N) is 1. The predicted molar refractivity (Wildman–Crippen MR) is 117 cm³/mol. The first-order valence-electron chi connectivity index (χ1n) is 11.1. The van der Waals surface area contributed by atoms with E-state index in [0.29, 0.717) is 19.6 Å². The Labute approximate surface area is 185 Å². The van der Waals surface area contributed by atoms with Crippen LogP contribution in [-0.2, 0) is 22.7 Å². The fraction of sp³-hybridized carbons (Fsp3) is 0.417. The van der Waals surface area contributed by atoms with Gasteiger partial charge in [0.25, 0.3) is 11.5 Å². The van der Waals surface area contributed by atoms with Gasteiger partial charge >= 0.3 is 6.03 Å². The van der Waals surface area contributed by atoms with E-state index in [0.717, 1.165) is 17.7 Å². The minimum atomic E-state index is -0.668. The second-order valence-electron chi connectivity index (χ2n) is 8.95. The summed E-state index contributed by atoms with van der Waals surface area (Å²) in [5.74, 6) is 0.138. The maximum absolute atomic E-state index is 12.9. The molecule has 0 spiro atoms. The Balaban J connectivity index is 1.19. The molecule has 4 amide bonds. The van der Waals surface area contributed by atoms with E-state index in [1.165, 1.54) is 4.90 Å². The van der Waals surface area contributed by atoms with Gasteiger partial charge in [-0.2, -0.15) is 0 Å². The number of hydrogen-bond donors (Lipinski definition) is 1. The SMILES string of the molecule is O=C(CCC1NC(=O)N(Cc2ccccc2)C1=O)N1CC2CC(C1)c1cccc(=O)n1C2. The molecule has 2 fully saturated rings. The molecule has 3 aliphatic rings. The van der Waals surface area contributed by atoms with Crippen LogP contribution >= 0.6 is 0 Å². The molecule has 32 heavy (non-hydrogen) atoms. The number of hydrogen-bond acceptors (Lipinski definition) is 4. The molecule has 2 saturated heterocycles. The second-order valence-corrected chi connectivity index (χ2v) is 8.95. The van der Waals surface area contributed by atoms with Crippen LogP contribution in [-0.4, -0.2) is 51.3 Å². The lowest BCUT2D eigenvalue weighted by Gasteiger charge is -2.42. The maximum atomic E-state index is 12.9. The Bertz CT molecular complexity index is 1110. The molecule has 4 heterocycles. The lowest BCUT2D eigenvalue weighted by Crippen LogP contribution is -2.49. The van der Waals surface area contributed by atoms with Crippen molar-refractivity contribution in [1.82, 2.24) is 19.7 Å². The lowest BCUT2D eigenvalue weighted by atomic mass is 9.83. The zero-order chi connectivity index (χ0) is 22.2. The van der Waals surface area contributed by atoms with Gasteiger partial charge in [-0.15, -0.1) is 0 Å². The van der Waals surface area contributed by atoms with Gasteiger partial charge in [-0.3, -0.25) is 19.3 Å². The summed E-state index contributed by atoms with van der Waals surface area (Å²) in [4.78, 5) is 53.2. The zero-order valence-electron chi connectivity index (χ0n) is 17.8. The summed E-state index contributed by atoms with van der Waals surface area (Å²) < 4.78 is 1.84. The number of benzene rings is 1. The van der Waals surface area contributed by atoms with Crippen LogP contribution in [0.25, 0.3) is 0 Å². The van der Waals surface area contributed by atoms with Crippen molar-refractivity contribution in [3.8, 4) is 0 Å². The van der Waals surface area contributed by atoms with Crippen LogP contribution < -0.4 is 10.9 Å². The van der Waals surface area contributed by atoms with Gasteiger partial charge in [-0.05, 0) is 30.4 Å². The molecule has 2 aromatic rings. The number of carbonyl (C=O) groups excluding carboxylic acids is 3. The Kier molecular flexibility index (Phi) is 5.28. The molecule has 1 N–H and O–H groups in total. The summed E-state index contributed by atoms with van der Waals surface area (Å²) in [6.07, 6.45) is 1.48. The highest BCUT2D eigenvalue weighted by Gasteiger charge is 2.39. The number of aromatic nitrogens is 1. The number of rotatable bonds is 5. The molecule has 0 aliphatic carbocycles. The highest BCUT2D eigenvalue weighted by atomic mass is 16.2. The third-order valence-electron chi connectivity index (χ3n) is 6.77. The topological polar surface area (TPSA) is 91.7 Å². The van der Waals surface area contributed by atoms with E-state index in [1.807, 2.05) is 45.9 Å². The molecular weight excluding hydrogens is 408 g/mol. The third-order valence-corrected chi connectivity index (χ3v) is 6.77. The van der Waals surface area contributed by atoms with E-state index in [9.17, 15) is 19.2 Å². The fourth-order valence-corrected chi connectivity index (χ4v) is 5.21. The molecule has 166 valence electrons. The number of fused-ring (bicyclic) bond motifs is 4. The van der Waals surface area contributed by atoms with Crippen molar-refractivity contribution >= 4 is 17.8 Å². The van der Waals surface area contributed by atoms with Gasteiger partial charge in [0.15, 0.2) is 0 Å². The quantitative estimate of drug-likeness (QED) is 0.725. The van der Waals surface area contributed by atoms with Crippen molar-refractivity contribution in [3.05, 3.63) is 70.1 Å². The molecule has 1 aromatic heterocycles. The van der Waals surface area contributed by atoms with Gasteiger partial charge in [0.1, 0.15) is 6.04 Å². The molecule has 0 saturated carbocycles. The molecule has 1 aromatic carbocycles. The highest BCUT2D eigenvalue weighted by molar-refractivity contribution is 6.04. The van der Waals surface area contributed by atoms with Gasteiger partial charge < -0.3 is 14.8 Å². The fourth-order valence-electron chi connectivity index (χ4n) is 5.21. The number of likely N-dealkylation sites (tertiary alicyclic amines) is 1. The van der Waals surface area contributed by atoms with E-state index in [-0.39, 0.29) is 48.6 Å². The average Bonchev–Trinajstić information content (AvgIpc) is 3.06. The number of carbonyl (C=O) groups is 3. The number of nitrogens with zero attached hydrogens (tertiary/aromatic N) is 3. The van der Waals surface area contributed by atoms with Gasteiger partial charge in [0.05, 0.1) is 6.54 Å². The van der Waals surface area contributed by atoms with Crippen molar-refractivity contribution in [3.63, 3.8) is 0 Å². The summed E-state index contributed by atoms with van der Waals surface area (Å²) in [6, 6.07) is 13.6. The van der Waals surface area contributed by atoms with Gasteiger partial charge in [0, 0.05) is 43.7 Å². The molecule has 3 atom stereocenters. The van der Waals surface area contributed by atoms with Crippen molar-refractivity contribution in [1.29, 1.82) is 0 Å². The number of pyridine rings is 1. The Morgan fingerprint density at radius 1 is 0.969 bits per heavy atom. The van der Waals surface area contributed by atoms with Gasteiger partial charge in [-0.25, -0.2) is 4.79 Å². The number of piperidine rings is 1. The third kappa shape index (κ3) is 3.81. The zero-order valence-corrected chi connectivity index (χ0v) is 17.8. The van der Waals surface area contributed by atoms with Crippen LogP contribution in [0.2, 0.25) is 0 Å².